The van der Waals surface area contributed by atoms with Crippen LogP contribution in [0.4, 0.5) is 0 Å². The smallest absolute Gasteiger partial charge is 0.262 e. The molecule has 154 valence electrons. The van der Waals surface area contributed by atoms with Crippen molar-refractivity contribution in [2.24, 2.45) is 0 Å². The average Bonchev–Trinajstić information content (AvgIpc) is 3.03. The second kappa shape index (κ2) is 7.27. The molecule has 2 aromatic heterocycles. The molecule has 0 N–H and O–H groups in total. The second-order valence-electron chi connectivity index (χ2n) is 8.31. The summed E-state index contributed by atoms with van der Waals surface area (Å²) in [5.74, 6) is 2.43. The maximum atomic E-state index is 13.5. The van der Waals surface area contributed by atoms with E-state index >= 15 is 0 Å². The zero-order valence-corrected chi connectivity index (χ0v) is 17.7. The van der Waals surface area contributed by atoms with Crippen LogP contribution in [0.25, 0.3) is 21.9 Å². The third-order valence-electron chi connectivity index (χ3n) is 6.35. The summed E-state index contributed by atoms with van der Waals surface area (Å²) in [7, 11) is 0. The van der Waals surface area contributed by atoms with Gasteiger partial charge in [-0.3, -0.25) is 9.36 Å². The molecule has 0 spiro atoms. The van der Waals surface area contributed by atoms with E-state index in [1.54, 1.807) is 11.3 Å². The number of nitrogens with zero attached hydrogens (tertiary/aromatic N) is 2. The minimum atomic E-state index is 0.157. The Morgan fingerprint density at radius 3 is 2.77 bits per heavy atom. The van der Waals surface area contributed by atoms with E-state index in [9.17, 15) is 4.79 Å². The lowest BCUT2D eigenvalue weighted by Gasteiger charge is -2.18. The Kier molecular flexibility index (Phi) is 4.41. The lowest BCUT2D eigenvalue weighted by atomic mass is 9.97. The van der Waals surface area contributed by atoms with Crippen molar-refractivity contribution >= 4 is 33.2 Å². The Hall–Kier alpha value is -2.60. The summed E-state index contributed by atoms with van der Waals surface area (Å²) in [6.07, 6.45) is 9.66. The summed E-state index contributed by atoms with van der Waals surface area (Å²) >= 11 is 1.73. The van der Waals surface area contributed by atoms with Gasteiger partial charge in [0.2, 0.25) is 0 Å². The Morgan fingerprint density at radius 1 is 1.00 bits per heavy atom. The first-order valence-electron chi connectivity index (χ1n) is 10.9. The van der Waals surface area contributed by atoms with Crippen LogP contribution in [0.1, 0.15) is 53.9 Å². The Morgan fingerprint density at radius 2 is 1.83 bits per heavy atom. The van der Waals surface area contributed by atoms with E-state index in [1.807, 2.05) is 16.7 Å². The lowest BCUT2D eigenvalue weighted by molar-refractivity contribution is 0.171. The number of rotatable bonds is 1. The fraction of sp³-hybridized carbons (Fsp3) is 0.417. The molecule has 0 unspecified atom stereocenters. The van der Waals surface area contributed by atoms with Crippen LogP contribution in [-0.2, 0) is 19.4 Å². The third-order valence-corrected chi connectivity index (χ3v) is 7.53. The van der Waals surface area contributed by atoms with Crippen LogP contribution in [0.3, 0.4) is 0 Å². The monoisotopic (exact) mass is 420 g/mol. The van der Waals surface area contributed by atoms with Gasteiger partial charge in [0, 0.05) is 11.4 Å². The van der Waals surface area contributed by atoms with Gasteiger partial charge in [-0.25, -0.2) is 4.98 Å². The molecule has 6 heteroatoms. The number of aromatic nitrogens is 2. The molecule has 5 nitrogen and oxygen atoms in total. The van der Waals surface area contributed by atoms with Gasteiger partial charge in [-0.15, -0.1) is 11.3 Å². The number of hydrogen-bond acceptors (Lipinski definition) is 5. The van der Waals surface area contributed by atoms with Crippen molar-refractivity contribution in [1.82, 2.24) is 9.55 Å². The van der Waals surface area contributed by atoms with Crippen LogP contribution in [0.2, 0.25) is 0 Å². The third kappa shape index (κ3) is 2.97. The molecular weight excluding hydrogens is 396 g/mol. The van der Waals surface area contributed by atoms with Crippen LogP contribution in [-0.4, -0.2) is 22.8 Å². The van der Waals surface area contributed by atoms with E-state index < -0.39 is 0 Å². The molecule has 0 saturated heterocycles. The number of fused-ring (bicyclic) bond motifs is 5. The number of allylic oxidation sites excluding steroid dienone is 1. The highest BCUT2D eigenvalue weighted by Crippen LogP contribution is 2.36. The summed E-state index contributed by atoms with van der Waals surface area (Å²) in [5, 5.41) is 0.888. The predicted molar refractivity (Wildman–Crippen MR) is 120 cm³/mol. The summed E-state index contributed by atoms with van der Waals surface area (Å²) in [6.45, 7) is 1.92. The highest BCUT2D eigenvalue weighted by atomic mass is 32.1. The minimum Gasteiger partial charge on any atom is -0.486 e. The number of thiophene rings is 1. The van der Waals surface area contributed by atoms with Gasteiger partial charge in [0.15, 0.2) is 11.5 Å². The molecule has 0 amide bonds. The summed E-state index contributed by atoms with van der Waals surface area (Å²) < 4.78 is 13.3. The molecule has 4 heterocycles. The van der Waals surface area contributed by atoms with Gasteiger partial charge in [-0.05, 0) is 79.9 Å². The summed E-state index contributed by atoms with van der Waals surface area (Å²) in [6, 6.07) is 6.04. The van der Waals surface area contributed by atoms with Gasteiger partial charge in [0.05, 0.1) is 5.39 Å². The zero-order chi connectivity index (χ0) is 20.1. The number of benzene rings is 1. The molecular formula is C24H24N2O3S. The van der Waals surface area contributed by atoms with Crippen LogP contribution in [0, 0.1) is 0 Å². The number of aryl methyl sites for hydroxylation is 2. The molecule has 3 aromatic rings. The van der Waals surface area contributed by atoms with Crippen LogP contribution < -0.4 is 15.0 Å². The van der Waals surface area contributed by atoms with Gasteiger partial charge >= 0.3 is 0 Å². The van der Waals surface area contributed by atoms with E-state index in [2.05, 4.69) is 12.1 Å². The predicted octanol–water partition coefficient (Wildman–Crippen LogP) is 4.83. The van der Waals surface area contributed by atoms with Crippen molar-refractivity contribution < 1.29 is 9.47 Å². The van der Waals surface area contributed by atoms with E-state index in [0.717, 1.165) is 77.3 Å². The Bertz CT molecular complexity index is 1240. The molecule has 0 atom stereocenters. The molecule has 1 aliphatic carbocycles. The summed E-state index contributed by atoms with van der Waals surface area (Å²) in [5.41, 5.74) is 3.62. The highest BCUT2D eigenvalue weighted by molar-refractivity contribution is 7.18. The zero-order valence-electron chi connectivity index (χ0n) is 16.9. The summed E-state index contributed by atoms with van der Waals surface area (Å²) in [4.78, 5) is 20.9. The van der Waals surface area contributed by atoms with Crippen molar-refractivity contribution in [1.29, 1.82) is 0 Å². The van der Waals surface area contributed by atoms with E-state index in [-0.39, 0.29) is 5.56 Å². The maximum Gasteiger partial charge on any atom is 0.262 e. The second-order valence-corrected chi connectivity index (χ2v) is 9.40. The highest BCUT2D eigenvalue weighted by Gasteiger charge is 2.24. The Labute approximate surface area is 179 Å². The quantitative estimate of drug-likeness (QED) is 0.566. The fourth-order valence-corrected chi connectivity index (χ4v) is 6.13. The number of ether oxygens (including phenoxy) is 2. The van der Waals surface area contributed by atoms with Crippen molar-refractivity contribution in [3.63, 3.8) is 0 Å². The molecule has 0 fully saturated rings. The molecule has 0 bridgehead atoms. The van der Waals surface area contributed by atoms with Crippen molar-refractivity contribution in [2.45, 2.75) is 51.5 Å². The van der Waals surface area contributed by atoms with Gasteiger partial charge in [-0.1, -0.05) is 6.07 Å². The molecule has 30 heavy (non-hydrogen) atoms. The van der Waals surface area contributed by atoms with Gasteiger partial charge in [0.25, 0.3) is 5.56 Å². The molecule has 3 aliphatic rings. The Balaban J connectivity index is 1.50. The van der Waals surface area contributed by atoms with E-state index in [0.29, 0.717) is 13.2 Å². The first-order chi connectivity index (χ1) is 14.8. The van der Waals surface area contributed by atoms with Gasteiger partial charge in [0.1, 0.15) is 23.9 Å². The van der Waals surface area contributed by atoms with Gasteiger partial charge in [-0.2, -0.15) is 0 Å². The van der Waals surface area contributed by atoms with E-state index in [4.69, 9.17) is 14.5 Å². The van der Waals surface area contributed by atoms with Crippen LogP contribution >= 0.6 is 11.3 Å². The topological polar surface area (TPSA) is 53.4 Å². The van der Waals surface area contributed by atoms with Gasteiger partial charge < -0.3 is 9.47 Å². The number of hydrogen-bond donors (Lipinski definition) is 0. The first-order valence-corrected chi connectivity index (χ1v) is 11.8. The SMILES string of the molecule is O=c1c2c3c(sc2nc2n1CCCC/C2=C/c1ccc2c(c1)OCCO2)CCCC3. The van der Waals surface area contributed by atoms with Crippen molar-refractivity contribution in [2.75, 3.05) is 13.2 Å². The minimum absolute atomic E-state index is 0.157. The molecule has 0 radical (unpaired) electrons. The molecule has 2 aliphatic heterocycles. The standard InChI is InChI=1S/C24H24N2O3S/c27-24-21-17-6-1-2-7-20(17)30-23(21)25-22-16(5-3-4-10-26(22)24)13-15-8-9-18-19(14-15)29-12-11-28-18/h8-9,13-14H,1-7,10-12H2/b16-13-. The van der Waals surface area contributed by atoms with Crippen molar-refractivity contribution in [3.05, 3.63) is 50.4 Å². The van der Waals surface area contributed by atoms with Crippen LogP contribution in [0.5, 0.6) is 11.5 Å². The fourth-order valence-electron chi connectivity index (χ4n) is 4.88. The maximum absolute atomic E-state index is 13.5. The first kappa shape index (κ1) is 18.2. The molecule has 0 saturated carbocycles. The normalized spacial score (nSPS) is 19.4. The van der Waals surface area contributed by atoms with Crippen LogP contribution in [0.15, 0.2) is 23.0 Å². The molecule has 1 aromatic carbocycles. The largest absolute Gasteiger partial charge is 0.486 e. The van der Waals surface area contributed by atoms with Crippen molar-refractivity contribution in [3.8, 4) is 11.5 Å². The molecule has 6 rings (SSSR count). The van der Waals surface area contributed by atoms with E-state index in [1.165, 1.54) is 23.3 Å². The average molecular weight is 421 g/mol. The lowest BCUT2D eigenvalue weighted by Crippen LogP contribution is -2.24.